The molecule has 0 saturated heterocycles. The summed E-state index contributed by atoms with van der Waals surface area (Å²) >= 11 is 0. The number of nitrogens with one attached hydrogen (secondary N) is 1. The minimum absolute atomic E-state index is 0.157. The molecule has 1 radical (unpaired) electrons. The quantitative estimate of drug-likeness (QED) is 0.688. The predicted molar refractivity (Wildman–Crippen MR) is 61.3 cm³/mol. The van der Waals surface area contributed by atoms with Gasteiger partial charge in [-0.3, -0.25) is 9.59 Å². The van der Waals surface area contributed by atoms with Crippen LogP contribution in [-0.4, -0.2) is 18.4 Å². The number of rotatable bonds is 6. The number of amides is 2. The molecular weight excluding hydrogens is 204 g/mol. The molecule has 0 aromatic heterocycles. The van der Waals surface area contributed by atoms with Crippen LogP contribution in [0.25, 0.3) is 0 Å². The van der Waals surface area contributed by atoms with Gasteiger partial charge in [-0.1, -0.05) is 30.3 Å². The molecule has 1 aromatic carbocycles. The largest absolute Gasteiger partial charge is 0.370 e. The van der Waals surface area contributed by atoms with E-state index in [1.54, 1.807) is 0 Å². The first-order valence-corrected chi connectivity index (χ1v) is 5.14. The summed E-state index contributed by atoms with van der Waals surface area (Å²) in [5.41, 5.74) is 5.83. The summed E-state index contributed by atoms with van der Waals surface area (Å²) in [6, 6.07) is 9.33. The highest BCUT2D eigenvalue weighted by Gasteiger charge is 2.02. The fourth-order valence-electron chi connectivity index (χ4n) is 1.23. The lowest BCUT2D eigenvalue weighted by atomic mass is 10.1. The van der Waals surface area contributed by atoms with Crippen LogP contribution in [0.4, 0.5) is 0 Å². The molecule has 0 fully saturated rings. The van der Waals surface area contributed by atoms with E-state index in [0.717, 1.165) is 5.56 Å². The van der Waals surface area contributed by atoms with Gasteiger partial charge < -0.3 is 11.1 Å². The van der Waals surface area contributed by atoms with Gasteiger partial charge in [0.25, 0.3) is 0 Å². The number of carbonyl (C=O) groups is 2. The molecule has 16 heavy (non-hydrogen) atoms. The Hall–Kier alpha value is -1.84. The van der Waals surface area contributed by atoms with Crippen molar-refractivity contribution in [3.63, 3.8) is 0 Å². The second kappa shape index (κ2) is 6.61. The van der Waals surface area contributed by atoms with Gasteiger partial charge in [0.05, 0.1) is 6.42 Å². The van der Waals surface area contributed by atoms with E-state index >= 15 is 0 Å². The third-order valence-electron chi connectivity index (χ3n) is 2.00. The van der Waals surface area contributed by atoms with Gasteiger partial charge in [0, 0.05) is 13.0 Å². The molecule has 0 aliphatic rings. The average Bonchev–Trinajstić information content (AvgIpc) is 2.25. The zero-order valence-electron chi connectivity index (χ0n) is 8.98. The third-order valence-corrected chi connectivity index (χ3v) is 2.00. The average molecular weight is 219 g/mol. The zero-order valence-corrected chi connectivity index (χ0v) is 8.98. The fourth-order valence-corrected chi connectivity index (χ4v) is 1.23. The molecule has 0 aliphatic carbocycles. The van der Waals surface area contributed by atoms with Gasteiger partial charge in [-0.2, -0.15) is 0 Å². The highest BCUT2D eigenvalue weighted by Crippen LogP contribution is 2.01. The maximum absolute atomic E-state index is 11.4. The van der Waals surface area contributed by atoms with Gasteiger partial charge >= 0.3 is 0 Å². The van der Waals surface area contributed by atoms with Crippen molar-refractivity contribution in [3.8, 4) is 0 Å². The Bertz CT molecular complexity index is 349. The van der Waals surface area contributed by atoms with E-state index in [4.69, 9.17) is 5.73 Å². The molecule has 0 heterocycles. The molecule has 3 N–H and O–H groups in total. The molecule has 0 unspecified atom stereocenters. The summed E-state index contributed by atoms with van der Waals surface area (Å²) < 4.78 is 0. The molecule has 2 amide bonds. The molecular formula is C12H15N2O2. The van der Waals surface area contributed by atoms with Crippen molar-refractivity contribution in [1.82, 2.24) is 5.32 Å². The highest BCUT2D eigenvalue weighted by molar-refractivity contribution is 5.88. The van der Waals surface area contributed by atoms with Crippen LogP contribution >= 0.6 is 0 Å². The number of hydrogen-bond donors (Lipinski definition) is 2. The topological polar surface area (TPSA) is 72.2 Å². The first kappa shape index (κ1) is 12.2. The van der Waals surface area contributed by atoms with E-state index in [1.165, 1.54) is 6.42 Å². The lowest BCUT2D eigenvalue weighted by Gasteiger charge is -2.03. The van der Waals surface area contributed by atoms with E-state index in [9.17, 15) is 9.59 Å². The Labute approximate surface area is 94.8 Å². The predicted octanol–water partition coefficient (Wildman–Crippen LogP) is 0.621. The molecule has 0 atom stereocenters. The van der Waals surface area contributed by atoms with E-state index in [-0.39, 0.29) is 11.8 Å². The maximum atomic E-state index is 11.4. The van der Waals surface area contributed by atoms with Crippen molar-refractivity contribution in [3.05, 3.63) is 42.3 Å². The smallest absolute Gasteiger partial charge is 0.228 e. The third kappa shape index (κ3) is 5.14. The molecule has 1 rings (SSSR count). The summed E-state index contributed by atoms with van der Waals surface area (Å²) in [5.74, 6) is -0.503. The lowest BCUT2D eigenvalue weighted by molar-refractivity contribution is -0.119. The second-order valence-corrected chi connectivity index (χ2v) is 3.42. The summed E-state index contributed by atoms with van der Waals surface area (Å²) in [7, 11) is 0. The van der Waals surface area contributed by atoms with E-state index in [1.807, 2.05) is 30.3 Å². The van der Waals surface area contributed by atoms with Crippen molar-refractivity contribution in [1.29, 1.82) is 0 Å². The normalized spacial score (nSPS) is 9.75. The van der Waals surface area contributed by atoms with Crippen LogP contribution in [0.3, 0.4) is 0 Å². The lowest BCUT2D eigenvalue weighted by Crippen LogP contribution is -2.25. The highest BCUT2D eigenvalue weighted by atomic mass is 16.2. The maximum Gasteiger partial charge on any atom is 0.228 e. The molecule has 1 aromatic rings. The van der Waals surface area contributed by atoms with E-state index in [2.05, 4.69) is 5.32 Å². The van der Waals surface area contributed by atoms with Crippen LogP contribution in [0, 0.1) is 6.42 Å². The fraction of sp³-hybridized carbons (Fsp3) is 0.250. The summed E-state index contributed by atoms with van der Waals surface area (Å²) in [4.78, 5) is 21.8. The number of carbonyl (C=O) groups excluding carboxylic acids is 2. The van der Waals surface area contributed by atoms with Gasteiger partial charge in [0.15, 0.2) is 0 Å². The zero-order chi connectivity index (χ0) is 11.8. The number of nitrogens with two attached hydrogens (primary N) is 1. The Morgan fingerprint density at radius 2 is 1.94 bits per heavy atom. The van der Waals surface area contributed by atoms with Gasteiger partial charge in [-0.25, -0.2) is 0 Å². The number of primary amides is 1. The number of hydrogen-bond acceptors (Lipinski definition) is 2. The van der Waals surface area contributed by atoms with Crippen LogP contribution in [0.2, 0.25) is 0 Å². The first-order chi connectivity index (χ1) is 7.68. The van der Waals surface area contributed by atoms with Crippen molar-refractivity contribution in [2.45, 2.75) is 12.8 Å². The molecule has 4 heteroatoms. The summed E-state index contributed by atoms with van der Waals surface area (Å²) in [6.07, 6.45) is 2.39. The monoisotopic (exact) mass is 219 g/mol. The number of benzene rings is 1. The second-order valence-electron chi connectivity index (χ2n) is 3.42. The Balaban J connectivity index is 2.19. The molecule has 0 bridgehead atoms. The van der Waals surface area contributed by atoms with Crippen LogP contribution in [-0.2, 0) is 9.59 Å². The van der Waals surface area contributed by atoms with Crippen molar-refractivity contribution >= 4 is 11.8 Å². The minimum Gasteiger partial charge on any atom is -0.370 e. The van der Waals surface area contributed by atoms with Crippen LogP contribution in [0.15, 0.2) is 30.3 Å². The molecule has 4 nitrogen and oxygen atoms in total. The minimum atomic E-state index is -0.346. The SMILES string of the molecule is NC(=O)CCCNC(=O)[CH]c1ccccc1. The Kier molecular flexibility index (Phi) is 5.05. The van der Waals surface area contributed by atoms with Gasteiger partial charge in [0.1, 0.15) is 0 Å². The van der Waals surface area contributed by atoms with Gasteiger partial charge in [0.2, 0.25) is 11.8 Å². The van der Waals surface area contributed by atoms with E-state index in [0.29, 0.717) is 19.4 Å². The molecule has 0 aliphatic heterocycles. The summed E-state index contributed by atoms with van der Waals surface area (Å²) in [6.45, 7) is 0.463. The van der Waals surface area contributed by atoms with Crippen molar-refractivity contribution in [2.75, 3.05) is 6.54 Å². The van der Waals surface area contributed by atoms with Crippen molar-refractivity contribution < 1.29 is 9.59 Å². The Morgan fingerprint density at radius 3 is 2.56 bits per heavy atom. The van der Waals surface area contributed by atoms with Crippen LogP contribution in [0.5, 0.6) is 0 Å². The van der Waals surface area contributed by atoms with Crippen molar-refractivity contribution in [2.24, 2.45) is 5.73 Å². The molecule has 0 spiro atoms. The van der Waals surface area contributed by atoms with E-state index < -0.39 is 0 Å². The molecule has 85 valence electrons. The molecule has 0 saturated carbocycles. The summed E-state index contributed by atoms with van der Waals surface area (Å²) in [5, 5.41) is 2.68. The van der Waals surface area contributed by atoms with Crippen LogP contribution < -0.4 is 11.1 Å². The first-order valence-electron chi connectivity index (χ1n) is 5.14. The standard InChI is InChI=1S/C12H15N2O2/c13-11(15)7-4-8-14-12(16)9-10-5-2-1-3-6-10/h1-3,5-6,9H,4,7-8H2,(H2,13,15)(H,14,16). The van der Waals surface area contributed by atoms with Gasteiger partial charge in [-0.05, 0) is 12.0 Å². The Morgan fingerprint density at radius 1 is 1.25 bits per heavy atom. The van der Waals surface area contributed by atoms with Crippen LogP contribution in [0.1, 0.15) is 18.4 Å². The van der Waals surface area contributed by atoms with Gasteiger partial charge in [-0.15, -0.1) is 0 Å².